The van der Waals surface area contributed by atoms with E-state index in [2.05, 4.69) is 21.7 Å². The highest BCUT2D eigenvalue weighted by Crippen LogP contribution is 2.10. The molecule has 1 saturated heterocycles. The number of ether oxygens (including phenoxy) is 1. The highest BCUT2D eigenvalue weighted by Gasteiger charge is 2.14. The fraction of sp³-hybridized carbons (Fsp3) is 0.706. The summed E-state index contributed by atoms with van der Waals surface area (Å²) >= 11 is 1.66. The van der Waals surface area contributed by atoms with Gasteiger partial charge in [-0.25, -0.2) is 4.79 Å². The molecule has 1 N–H and O–H groups in total. The molecule has 0 atom stereocenters. The molecule has 1 aliphatic heterocycles. The lowest BCUT2D eigenvalue weighted by molar-refractivity contribution is 0.146. The summed E-state index contributed by atoms with van der Waals surface area (Å²) in [5, 5.41) is 7.20. The maximum Gasteiger partial charge on any atom is 0.317 e. The minimum Gasteiger partial charge on any atom is -0.383 e. The van der Waals surface area contributed by atoms with Crippen molar-refractivity contribution in [2.75, 3.05) is 46.4 Å². The molecule has 2 amide bonds. The smallest absolute Gasteiger partial charge is 0.317 e. The zero-order valence-corrected chi connectivity index (χ0v) is 14.9. The summed E-state index contributed by atoms with van der Waals surface area (Å²) in [6, 6.07) is 2.07. The average Bonchev–Trinajstić information content (AvgIpc) is 2.93. The van der Waals surface area contributed by atoms with E-state index in [0.29, 0.717) is 26.2 Å². The summed E-state index contributed by atoms with van der Waals surface area (Å²) in [5.41, 5.74) is 1.17. The molecule has 0 bridgehead atoms. The number of amides is 2. The van der Waals surface area contributed by atoms with Crippen LogP contribution < -0.4 is 5.32 Å². The van der Waals surface area contributed by atoms with E-state index in [9.17, 15) is 4.79 Å². The second kappa shape index (κ2) is 10.6. The van der Waals surface area contributed by atoms with E-state index in [1.165, 1.54) is 31.2 Å². The molecule has 1 aromatic heterocycles. The quantitative estimate of drug-likeness (QED) is 0.792. The van der Waals surface area contributed by atoms with Gasteiger partial charge in [-0.3, -0.25) is 0 Å². The van der Waals surface area contributed by atoms with Crippen molar-refractivity contribution in [3.8, 4) is 0 Å². The molecule has 0 unspecified atom stereocenters. The molecule has 130 valence electrons. The molecule has 0 saturated carbocycles. The van der Waals surface area contributed by atoms with Crippen LogP contribution in [0, 0.1) is 0 Å². The van der Waals surface area contributed by atoms with Gasteiger partial charge >= 0.3 is 6.03 Å². The van der Waals surface area contributed by atoms with Crippen molar-refractivity contribution in [2.24, 2.45) is 0 Å². The zero-order chi connectivity index (χ0) is 16.3. The fourth-order valence-electron chi connectivity index (χ4n) is 2.85. The molecule has 0 radical (unpaired) electrons. The highest BCUT2D eigenvalue weighted by molar-refractivity contribution is 7.07. The number of methoxy groups -OCH3 is 1. The zero-order valence-electron chi connectivity index (χ0n) is 14.1. The van der Waals surface area contributed by atoms with E-state index in [0.717, 1.165) is 19.6 Å². The van der Waals surface area contributed by atoms with Gasteiger partial charge in [0.05, 0.1) is 6.61 Å². The summed E-state index contributed by atoms with van der Waals surface area (Å²) in [6.07, 6.45) is 5.25. The molecule has 5 nitrogen and oxygen atoms in total. The number of nitrogens with zero attached hydrogens (tertiary/aromatic N) is 2. The molecule has 0 aromatic carbocycles. The SMILES string of the molecule is COCCN(Cc1ccsc1)C(=O)NCCN1CCCCCC1. The molecule has 23 heavy (non-hydrogen) atoms. The molecule has 2 rings (SSSR count). The summed E-state index contributed by atoms with van der Waals surface area (Å²) in [7, 11) is 1.67. The highest BCUT2D eigenvalue weighted by atomic mass is 32.1. The van der Waals surface area contributed by atoms with Crippen LogP contribution >= 0.6 is 11.3 Å². The van der Waals surface area contributed by atoms with Gasteiger partial charge in [0.2, 0.25) is 0 Å². The second-order valence-corrected chi connectivity index (χ2v) is 6.81. The van der Waals surface area contributed by atoms with E-state index < -0.39 is 0 Å². The van der Waals surface area contributed by atoms with Crippen molar-refractivity contribution in [3.63, 3.8) is 0 Å². The van der Waals surface area contributed by atoms with Gasteiger partial charge in [0.1, 0.15) is 0 Å². The summed E-state index contributed by atoms with van der Waals surface area (Å²) < 4.78 is 5.13. The Labute approximate surface area is 143 Å². The van der Waals surface area contributed by atoms with E-state index in [1.54, 1.807) is 18.4 Å². The first-order valence-electron chi connectivity index (χ1n) is 8.54. The Bertz CT molecular complexity index is 431. The number of hydrogen-bond donors (Lipinski definition) is 1. The maximum absolute atomic E-state index is 12.4. The van der Waals surface area contributed by atoms with Crippen LogP contribution in [0.4, 0.5) is 4.79 Å². The number of hydrogen-bond acceptors (Lipinski definition) is 4. The van der Waals surface area contributed by atoms with Crippen molar-refractivity contribution in [1.82, 2.24) is 15.1 Å². The van der Waals surface area contributed by atoms with Gasteiger partial charge in [0.15, 0.2) is 0 Å². The summed E-state index contributed by atoms with van der Waals surface area (Å²) in [5.74, 6) is 0. The standard InChI is InChI=1S/C17H29N3O2S/c1-22-12-11-20(14-16-6-13-23-15-16)17(21)18-7-10-19-8-4-2-3-5-9-19/h6,13,15H,2-5,7-12,14H2,1H3,(H,18,21). The molecule has 6 heteroatoms. The van der Waals surface area contributed by atoms with Crippen LogP contribution in [0.15, 0.2) is 16.8 Å². The van der Waals surface area contributed by atoms with Gasteiger partial charge in [0, 0.05) is 33.3 Å². The first-order valence-corrected chi connectivity index (χ1v) is 9.49. The molecule has 1 aliphatic rings. The summed E-state index contributed by atoms with van der Waals surface area (Å²) in [4.78, 5) is 16.7. The number of carbonyl (C=O) groups is 1. The number of rotatable bonds is 8. The Kier molecular flexibility index (Phi) is 8.42. The third-order valence-corrected chi connectivity index (χ3v) is 4.94. The number of carbonyl (C=O) groups excluding carboxylic acids is 1. The van der Waals surface area contributed by atoms with Crippen LogP contribution in [0.2, 0.25) is 0 Å². The van der Waals surface area contributed by atoms with Gasteiger partial charge in [-0.05, 0) is 48.3 Å². The minimum absolute atomic E-state index is 0.00284. The third-order valence-electron chi connectivity index (χ3n) is 4.21. The molecule has 1 fully saturated rings. The largest absolute Gasteiger partial charge is 0.383 e. The lowest BCUT2D eigenvalue weighted by atomic mass is 10.2. The van der Waals surface area contributed by atoms with Gasteiger partial charge in [-0.1, -0.05) is 12.8 Å². The number of likely N-dealkylation sites (tertiary alicyclic amines) is 1. The predicted octanol–water partition coefficient (Wildman–Crippen LogP) is 2.78. The summed E-state index contributed by atoms with van der Waals surface area (Å²) in [6.45, 7) is 5.80. The van der Waals surface area contributed by atoms with Crippen LogP contribution in [0.25, 0.3) is 0 Å². The van der Waals surface area contributed by atoms with Crippen molar-refractivity contribution < 1.29 is 9.53 Å². The van der Waals surface area contributed by atoms with Crippen LogP contribution in [0.1, 0.15) is 31.2 Å². The normalized spacial score (nSPS) is 16.0. The van der Waals surface area contributed by atoms with Gasteiger partial charge in [0.25, 0.3) is 0 Å². The lowest BCUT2D eigenvalue weighted by Crippen LogP contribution is -2.44. The molecular formula is C17H29N3O2S. The lowest BCUT2D eigenvalue weighted by Gasteiger charge is -2.24. The average molecular weight is 340 g/mol. The number of urea groups is 1. The number of thiophene rings is 1. The molecule has 1 aromatic rings. The van der Waals surface area contributed by atoms with E-state index in [1.807, 2.05) is 10.3 Å². The predicted molar refractivity (Wildman–Crippen MR) is 94.9 cm³/mol. The van der Waals surface area contributed by atoms with Crippen LogP contribution in [0.5, 0.6) is 0 Å². The van der Waals surface area contributed by atoms with E-state index in [4.69, 9.17) is 4.74 Å². The van der Waals surface area contributed by atoms with Gasteiger partial charge < -0.3 is 19.9 Å². The third kappa shape index (κ3) is 6.89. The first-order chi connectivity index (χ1) is 11.3. The maximum atomic E-state index is 12.4. The van der Waals surface area contributed by atoms with E-state index >= 15 is 0 Å². The minimum atomic E-state index is 0.00284. The molecule has 0 spiro atoms. The Morgan fingerprint density at radius 3 is 2.78 bits per heavy atom. The Hall–Kier alpha value is -1.11. The van der Waals surface area contributed by atoms with Crippen molar-refractivity contribution >= 4 is 17.4 Å². The number of nitrogens with one attached hydrogen (secondary N) is 1. The monoisotopic (exact) mass is 339 g/mol. The molecular weight excluding hydrogens is 310 g/mol. The topological polar surface area (TPSA) is 44.8 Å². The Morgan fingerprint density at radius 1 is 1.35 bits per heavy atom. The molecule has 2 heterocycles. The van der Waals surface area contributed by atoms with Crippen LogP contribution in [0.3, 0.4) is 0 Å². The van der Waals surface area contributed by atoms with Gasteiger partial charge in [-0.15, -0.1) is 0 Å². The fourth-order valence-corrected chi connectivity index (χ4v) is 3.51. The van der Waals surface area contributed by atoms with Crippen molar-refractivity contribution in [1.29, 1.82) is 0 Å². The Balaban J connectivity index is 1.74. The van der Waals surface area contributed by atoms with Crippen molar-refractivity contribution in [3.05, 3.63) is 22.4 Å². The first kappa shape index (κ1) is 18.2. The van der Waals surface area contributed by atoms with Crippen LogP contribution in [-0.4, -0.2) is 62.3 Å². The van der Waals surface area contributed by atoms with E-state index in [-0.39, 0.29) is 6.03 Å². The van der Waals surface area contributed by atoms with Crippen LogP contribution in [-0.2, 0) is 11.3 Å². The van der Waals surface area contributed by atoms with Crippen molar-refractivity contribution in [2.45, 2.75) is 32.2 Å². The molecule has 0 aliphatic carbocycles. The van der Waals surface area contributed by atoms with Gasteiger partial charge in [-0.2, -0.15) is 11.3 Å². The second-order valence-electron chi connectivity index (χ2n) is 6.03. The Morgan fingerprint density at radius 2 is 2.13 bits per heavy atom.